The molecule has 86 heavy (non-hydrogen) atoms. The van der Waals surface area contributed by atoms with Crippen LogP contribution in [0, 0.1) is 0 Å². The summed E-state index contributed by atoms with van der Waals surface area (Å²) in [5.41, 5.74) is 0. The molecule has 0 spiro atoms. The lowest BCUT2D eigenvalue weighted by atomic mass is 10.0. The molecule has 0 radical (unpaired) electrons. The number of quaternary nitrogens is 1. The molecule has 0 aliphatic rings. The molecular formula is C76H143NO8P+. The third kappa shape index (κ3) is 70.8. The number of esters is 2. The average Bonchev–Trinajstić information content (AvgIpc) is 3.70. The summed E-state index contributed by atoms with van der Waals surface area (Å²) < 4.78 is 34.8. The fraction of sp³-hybridized carbons (Fsp3) is 0.842. The third-order valence-electron chi connectivity index (χ3n) is 16.5. The number of hydrogen-bond donors (Lipinski definition) is 1. The zero-order valence-electron chi connectivity index (χ0n) is 57.6. The number of ether oxygens (including phenoxy) is 2. The van der Waals surface area contributed by atoms with Crippen molar-refractivity contribution in [2.75, 3.05) is 47.5 Å². The number of carbonyl (C=O) groups is 2. The monoisotopic (exact) mass is 1230 g/mol. The first-order valence-corrected chi connectivity index (χ1v) is 38.5. The molecule has 0 heterocycles. The van der Waals surface area contributed by atoms with Crippen molar-refractivity contribution in [1.82, 2.24) is 0 Å². The second-order valence-electron chi connectivity index (χ2n) is 26.3. The fourth-order valence-electron chi connectivity index (χ4n) is 10.8. The number of allylic oxidation sites excluding steroid dienone is 10. The molecule has 2 atom stereocenters. The van der Waals surface area contributed by atoms with Gasteiger partial charge in [0.15, 0.2) is 6.10 Å². The highest BCUT2D eigenvalue weighted by molar-refractivity contribution is 7.47. The highest BCUT2D eigenvalue weighted by Gasteiger charge is 2.27. The van der Waals surface area contributed by atoms with Crippen molar-refractivity contribution in [3.63, 3.8) is 0 Å². The number of likely N-dealkylation sites (N-methyl/N-ethyl adjacent to an activating group) is 1. The second-order valence-corrected chi connectivity index (χ2v) is 27.8. The van der Waals surface area contributed by atoms with E-state index < -0.39 is 26.5 Å². The lowest BCUT2D eigenvalue weighted by molar-refractivity contribution is -0.870. The molecule has 2 unspecified atom stereocenters. The van der Waals surface area contributed by atoms with Crippen LogP contribution in [0.5, 0.6) is 0 Å². The Balaban J connectivity index is 3.98. The van der Waals surface area contributed by atoms with E-state index in [2.05, 4.69) is 74.6 Å². The number of rotatable bonds is 69. The lowest BCUT2D eigenvalue weighted by Crippen LogP contribution is -2.37. The average molecular weight is 1230 g/mol. The van der Waals surface area contributed by atoms with Crippen molar-refractivity contribution in [1.29, 1.82) is 0 Å². The van der Waals surface area contributed by atoms with Crippen LogP contribution in [0.4, 0.5) is 0 Å². The Morgan fingerprint density at radius 1 is 0.360 bits per heavy atom. The molecule has 10 heteroatoms. The van der Waals surface area contributed by atoms with Crippen molar-refractivity contribution in [2.24, 2.45) is 0 Å². The van der Waals surface area contributed by atoms with E-state index in [4.69, 9.17) is 18.5 Å². The van der Waals surface area contributed by atoms with Gasteiger partial charge in [-0.05, 0) is 83.5 Å². The van der Waals surface area contributed by atoms with Crippen molar-refractivity contribution in [2.45, 2.75) is 367 Å². The summed E-state index contributed by atoms with van der Waals surface area (Å²) in [6.45, 7) is 4.47. The maximum atomic E-state index is 12.9. The molecule has 9 nitrogen and oxygen atoms in total. The minimum atomic E-state index is -4.39. The van der Waals surface area contributed by atoms with Crippen LogP contribution in [0.2, 0.25) is 0 Å². The molecular weight excluding hydrogens is 1090 g/mol. The summed E-state index contributed by atoms with van der Waals surface area (Å²) in [7, 11) is 1.49. The molecule has 0 saturated carbocycles. The molecule has 1 N–H and O–H groups in total. The standard InChI is InChI=1S/C76H142NO8P/c1-6-8-10-12-14-16-18-20-22-24-26-28-30-32-34-36-37-38-39-41-43-45-47-49-51-53-55-57-59-61-63-65-67-69-76(79)85-74(73-84-86(80,81)83-71-70-77(3,4)5)72-82-75(78)68-66-64-62-60-58-56-54-52-50-48-46-44-42-40-35-33-31-29-27-25-23-21-19-17-15-13-11-9-7-2/h18-21,24-27,30,32,74H,6-17,22-23,28-29,31,33-73H2,1-5H3/p+1/b20-18-,21-19-,26-24-,27-25-,32-30-. The van der Waals surface area contributed by atoms with Gasteiger partial charge >= 0.3 is 19.8 Å². The van der Waals surface area contributed by atoms with Gasteiger partial charge in [0.1, 0.15) is 19.8 Å². The van der Waals surface area contributed by atoms with E-state index >= 15 is 0 Å². The number of hydrogen-bond acceptors (Lipinski definition) is 7. The maximum absolute atomic E-state index is 12.9. The third-order valence-corrected chi connectivity index (χ3v) is 17.5. The molecule has 0 fully saturated rings. The van der Waals surface area contributed by atoms with E-state index in [9.17, 15) is 19.0 Å². The first-order chi connectivity index (χ1) is 42.0. The Hall–Kier alpha value is -2.29. The predicted molar refractivity (Wildman–Crippen MR) is 372 cm³/mol. The Morgan fingerprint density at radius 3 is 0.930 bits per heavy atom. The van der Waals surface area contributed by atoms with Gasteiger partial charge in [-0.1, -0.05) is 325 Å². The van der Waals surface area contributed by atoms with Crippen LogP contribution in [0.25, 0.3) is 0 Å². The minimum Gasteiger partial charge on any atom is -0.462 e. The number of phosphoric ester groups is 1. The van der Waals surface area contributed by atoms with Crippen molar-refractivity contribution < 1.29 is 42.1 Å². The number of nitrogens with zero attached hydrogens (tertiary/aromatic N) is 1. The molecule has 0 saturated heterocycles. The van der Waals surface area contributed by atoms with Crippen LogP contribution in [0.3, 0.4) is 0 Å². The molecule has 0 rings (SSSR count). The van der Waals surface area contributed by atoms with E-state index in [0.717, 1.165) is 51.4 Å². The van der Waals surface area contributed by atoms with E-state index in [1.807, 2.05) is 21.1 Å². The number of phosphoric acid groups is 1. The van der Waals surface area contributed by atoms with Crippen molar-refractivity contribution in [3.8, 4) is 0 Å². The van der Waals surface area contributed by atoms with Gasteiger partial charge in [0.2, 0.25) is 0 Å². The SMILES string of the molecule is CCCCCCC/C=C\C/C=C\C/C=C\CCCCCCCCCCCCCCCCCCCCC(=O)OC(COC(=O)CCCCCCCCCCCCCCCCCCC/C=C\C/C=C\CCCCCCC)COP(=O)(O)OCC[N+](C)(C)C. The van der Waals surface area contributed by atoms with Crippen LogP contribution < -0.4 is 0 Å². The summed E-state index contributed by atoms with van der Waals surface area (Å²) in [4.78, 5) is 35.9. The maximum Gasteiger partial charge on any atom is 0.472 e. The van der Waals surface area contributed by atoms with Crippen LogP contribution in [-0.2, 0) is 32.7 Å². The molecule has 0 aromatic heterocycles. The molecule has 0 aromatic rings. The summed E-state index contributed by atoms with van der Waals surface area (Å²) in [6, 6.07) is 0. The van der Waals surface area contributed by atoms with Gasteiger partial charge in [-0.25, -0.2) is 4.57 Å². The molecule has 0 amide bonds. The smallest absolute Gasteiger partial charge is 0.462 e. The highest BCUT2D eigenvalue weighted by atomic mass is 31.2. The van der Waals surface area contributed by atoms with Crippen LogP contribution in [0.1, 0.15) is 361 Å². The van der Waals surface area contributed by atoms with Crippen molar-refractivity contribution >= 4 is 19.8 Å². The zero-order valence-corrected chi connectivity index (χ0v) is 58.5. The summed E-state index contributed by atoms with van der Waals surface area (Å²) >= 11 is 0. The topological polar surface area (TPSA) is 108 Å². The number of carbonyl (C=O) groups excluding carboxylic acids is 2. The quantitative estimate of drug-likeness (QED) is 0.0211. The zero-order chi connectivity index (χ0) is 62.6. The lowest BCUT2D eigenvalue weighted by Gasteiger charge is -2.24. The van der Waals surface area contributed by atoms with Gasteiger partial charge < -0.3 is 18.9 Å². The molecule has 504 valence electrons. The Bertz CT molecular complexity index is 1630. The van der Waals surface area contributed by atoms with E-state index in [0.29, 0.717) is 23.9 Å². The van der Waals surface area contributed by atoms with Crippen LogP contribution in [0.15, 0.2) is 60.8 Å². The highest BCUT2D eigenvalue weighted by Crippen LogP contribution is 2.43. The van der Waals surface area contributed by atoms with E-state index in [-0.39, 0.29) is 25.6 Å². The van der Waals surface area contributed by atoms with Crippen LogP contribution in [-0.4, -0.2) is 74.9 Å². The van der Waals surface area contributed by atoms with Gasteiger partial charge in [-0.2, -0.15) is 0 Å². The Morgan fingerprint density at radius 2 is 0.628 bits per heavy atom. The summed E-state index contributed by atoms with van der Waals surface area (Å²) in [5, 5.41) is 0. The van der Waals surface area contributed by atoms with Crippen molar-refractivity contribution in [3.05, 3.63) is 60.8 Å². The molecule has 0 bridgehead atoms. The van der Waals surface area contributed by atoms with Gasteiger partial charge in [0.05, 0.1) is 27.7 Å². The van der Waals surface area contributed by atoms with Crippen LogP contribution >= 0.6 is 7.82 Å². The molecule has 0 aliphatic heterocycles. The first-order valence-electron chi connectivity index (χ1n) is 37.0. The fourth-order valence-corrected chi connectivity index (χ4v) is 11.6. The molecule has 0 aliphatic carbocycles. The van der Waals surface area contributed by atoms with E-state index in [1.165, 1.54) is 276 Å². The van der Waals surface area contributed by atoms with Gasteiger partial charge in [0.25, 0.3) is 0 Å². The molecule has 0 aromatic carbocycles. The predicted octanol–water partition coefficient (Wildman–Crippen LogP) is 24.2. The summed E-state index contributed by atoms with van der Waals surface area (Å²) in [5.74, 6) is -0.779. The van der Waals surface area contributed by atoms with Gasteiger partial charge in [-0.15, -0.1) is 0 Å². The first kappa shape index (κ1) is 83.7. The Kier molecular flexibility index (Phi) is 65.3. The summed E-state index contributed by atoms with van der Waals surface area (Å²) in [6.07, 6.45) is 89.1. The van der Waals surface area contributed by atoms with Gasteiger partial charge in [0, 0.05) is 12.8 Å². The normalized spacial score (nSPS) is 13.4. The van der Waals surface area contributed by atoms with Gasteiger partial charge in [-0.3, -0.25) is 18.6 Å². The minimum absolute atomic E-state index is 0.0328. The number of unbranched alkanes of at least 4 members (excludes halogenated alkanes) is 45. The van der Waals surface area contributed by atoms with E-state index in [1.54, 1.807) is 0 Å². The Labute approximate surface area is 534 Å². The largest absolute Gasteiger partial charge is 0.472 e. The second kappa shape index (κ2) is 67.1.